The molecule has 1 aliphatic carbocycles. The highest BCUT2D eigenvalue weighted by atomic mass is 16.5. The second kappa shape index (κ2) is 7.34. The molecule has 0 aromatic heterocycles. The molecule has 77 valence electrons. The van der Waals surface area contributed by atoms with E-state index in [1.54, 1.807) is 0 Å². The molecule has 0 bridgehead atoms. The summed E-state index contributed by atoms with van der Waals surface area (Å²) < 4.78 is 11.0. The minimum Gasteiger partial charge on any atom is -0.379 e. The Bertz CT molecular complexity index is 109. The Balaban J connectivity index is 1.86. The highest BCUT2D eigenvalue weighted by Gasteiger charge is 2.12. The van der Waals surface area contributed by atoms with Crippen LogP contribution in [0.5, 0.6) is 0 Å². The lowest BCUT2D eigenvalue weighted by molar-refractivity contribution is -0.00936. The summed E-state index contributed by atoms with van der Waals surface area (Å²) in [6.07, 6.45) is 7.91. The van der Waals surface area contributed by atoms with Gasteiger partial charge in [0.05, 0.1) is 19.3 Å². The van der Waals surface area contributed by atoms with Crippen molar-refractivity contribution in [3.63, 3.8) is 0 Å². The molecule has 0 heterocycles. The Morgan fingerprint density at radius 1 is 1.00 bits per heavy atom. The van der Waals surface area contributed by atoms with Crippen molar-refractivity contribution < 1.29 is 9.47 Å². The van der Waals surface area contributed by atoms with Gasteiger partial charge < -0.3 is 9.47 Å². The molecule has 0 aromatic rings. The molecular weight excluding hydrogens is 164 g/mol. The van der Waals surface area contributed by atoms with Gasteiger partial charge in [-0.2, -0.15) is 0 Å². The predicted molar refractivity (Wildman–Crippen MR) is 53.6 cm³/mol. The lowest BCUT2D eigenvalue weighted by atomic mass is 9.98. The fraction of sp³-hybridized carbons (Fsp3) is 0.909. The zero-order valence-electron chi connectivity index (χ0n) is 8.46. The number of hydrogen-bond donors (Lipinski definition) is 0. The Labute approximate surface area is 81.6 Å². The Morgan fingerprint density at radius 2 is 1.77 bits per heavy atom. The van der Waals surface area contributed by atoms with Crippen molar-refractivity contribution in [2.24, 2.45) is 0 Å². The number of rotatable bonds is 6. The average Bonchev–Trinajstić information content (AvgIpc) is 2.19. The Hall–Kier alpha value is -0.0800. The lowest BCUT2D eigenvalue weighted by Crippen LogP contribution is -2.19. The summed E-state index contributed by atoms with van der Waals surface area (Å²) in [5.74, 6) is 0. The molecule has 0 aliphatic heterocycles. The first-order chi connectivity index (χ1) is 6.43. The summed E-state index contributed by atoms with van der Waals surface area (Å²) in [5.41, 5.74) is 0. The molecule has 1 radical (unpaired) electrons. The molecule has 0 amide bonds. The molecule has 0 atom stereocenters. The van der Waals surface area contributed by atoms with Gasteiger partial charge in [-0.1, -0.05) is 26.2 Å². The summed E-state index contributed by atoms with van der Waals surface area (Å²) in [5, 5.41) is 0. The standard InChI is InChI=1S/C11H21O2/c1-2-8-12-9-10-13-11-6-4-3-5-7-11/h11H,1-10H2. The van der Waals surface area contributed by atoms with Crippen LogP contribution in [0.15, 0.2) is 0 Å². The van der Waals surface area contributed by atoms with E-state index < -0.39 is 0 Å². The summed E-state index contributed by atoms with van der Waals surface area (Å²) >= 11 is 0. The normalized spacial score (nSPS) is 19.2. The lowest BCUT2D eigenvalue weighted by Gasteiger charge is -2.21. The van der Waals surface area contributed by atoms with Crippen LogP contribution in [0.3, 0.4) is 0 Å². The molecule has 0 unspecified atom stereocenters. The zero-order valence-corrected chi connectivity index (χ0v) is 8.46. The third-order valence-electron chi connectivity index (χ3n) is 2.42. The van der Waals surface area contributed by atoms with E-state index in [2.05, 4.69) is 6.92 Å². The van der Waals surface area contributed by atoms with Gasteiger partial charge in [-0.15, -0.1) is 0 Å². The van der Waals surface area contributed by atoms with Crippen molar-refractivity contribution in [3.8, 4) is 0 Å². The fourth-order valence-electron chi connectivity index (χ4n) is 1.71. The van der Waals surface area contributed by atoms with Gasteiger partial charge in [0.1, 0.15) is 0 Å². The SMILES string of the molecule is [CH2]CCOCCOC1CCCCC1. The Morgan fingerprint density at radius 3 is 2.46 bits per heavy atom. The highest BCUT2D eigenvalue weighted by molar-refractivity contribution is 4.64. The predicted octanol–water partition coefficient (Wildman–Crippen LogP) is 2.58. The average molecular weight is 185 g/mol. The van der Waals surface area contributed by atoms with Crippen LogP contribution in [0.25, 0.3) is 0 Å². The van der Waals surface area contributed by atoms with Crippen molar-refractivity contribution in [3.05, 3.63) is 6.92 Å². The molecular formula is C11H21O2. The van der Waals surface area contributed by atoms with Gasteiger partial charge in [-0.05, 0) is 19.3 Å². The van der Waals surface area contributed by atoms with Gasteiger partial charge in [0.25, 0.3) is 0 Å². The van der Waals surface area contributed by atoms with Gasteiger partial charge in [-0.3, -0.25) is 0 Å². The summed E-state index contributed by atoms with van der Waals surface area (Å²) in [4.78, 5) is 0. The quantitative estimate of drug-likeness (QED) is 0.592. The molecule has 2 heteroatoms. The smallest absolute Gasteiger partial charge is 0.0704 e. The molecule has 0 aromatic carbocycles. The minimum atomic E-state index is 0.511. The molecule has 13 heavy (non-hydrogen) atoms. The van der Waals surface area contributed by atoms with E-state index in [0.29, 0.717) is 6.10 Å². The van der Waals surface area contributed by atoms with Crippen LogP contribution in [0.1, 0.15) is 38.5 Å². The maximum Gasteiger partial charge on any atom is 0.0704 e. The fourth-order valence-corrected chi connectivity index (χ4v) is 1.71. The molecule has 1 rings (SSSR count). The monoisotopic (exact) mass is 185 g/mol. The summed E-state index contributed by atoms with van der Waals surface area (Å²) in [6, 6.07) is 0. The van der Waals surface area contributed by atoms with E-state index >= 15 is 0 Å². The minimum absolute atomic E-state index is 0.511. The topological polar surface area (TPSA) is 18.5 Å². The maximum absolute atomic E-state index is 5.68. The largest absolute Gasteiger partial charge is 0.379 e. The molecule has 1 aliphatic rings. The van der Waals surface area contributed by atoms with Gasteiger partial charge in [0.15, 0.2) is 0 Å². The van der Waals surface area contributed by atoms with E-state index in [0.717, 1.165) is 26.2 Å². The molecule has 0 saturated heterocycles. The van der Waals surface area contributed by atoms with Crippen molar-refractivity contribution in [1.82, 2.24) is 0 Å². The zero-order chi connectivity index (χ0) is 9.36. The van der Waals surface area contributed by atoms with Gasteiger partial charge in [0, 0.05) is 6.61 Å². The van der Waals surface area contributed by atoms with E-state index in [9.17, 15) is 0 Å². The third kappa shape index (κ3) is 5.27. The molecule has 1 fully saturated rings. The summed E-state index contributed by atoms with van der Waals surface area (Å²) in [6.45, 7) is 5.95. The van der Waals surface area contributed by atoms with Crippen LogP contribution in [0, 0.1) is 6.92 Å². The van der Waals surface area contributed by atoms with Crippen LogP contribution in [-0.4, -0.2) is 25.9 Å². The van der Waals surface area contributed by atoms with E-state index in [1.165, 1.54) is 32.1 Å². The van der Waals surface area contributed by atoms with Gasteiger partial charge in [-0.25, -0.2) is 0 Å². The van der Waals surface area contributed by atoms with E-state index in [1.807, 2.05) is 0 Å². The first-order valence-electron chi connectivity index (χ1n) is 5.42. The maximum atomic E-state index is 5.68. The van der Waals surface area contributed by atoms with Crippen LogP contribution in [0.2, 0.25) is 0 Å². The van der Waals surface area contributed by atoms with Gasteiger partial charge in [0.2, 0.25) is 0 Å². The second-order valence-electron chi connectivity index (χ2n) is 3.60. The van der Waals surface area contributed by atoms with Crippen LogP contribution in [0.4, 0.5) is 0 Å². The number of hydrogen-bond acceptors (Lipinski definition) is 2. The van der Waals surface area contributed by atoms with Crippen molar-refractivity contribution >= 4 is 0 Å². The summed E-state index contributed by atoms with van der Waals surface area (Å²) in [7, 11) is 0. The third-order valence-corrected chi connectivity index (χ3v) is 2.42. The van der Waals surface area contributed by atoms with Crippen LogP contribution < -0.4 is 0 Å². The van der Waals surface area contributed by atoms with Crippen molar-refractivity contribution in [2.75, 3.05) is 19.8 Å². The second-order valence-corrected chi connectivity index (χ2v) is 3.60. The van der Waals surface area contributed by atoms with Gasteiger partial charge >= 0.3 is 0 Å². The highest BCUT2D eigenvalue weighted by Crippen LogP contribution is 2.19. The first kappa shape index (κ1) is 11.0. The molecule has 1 saturated carbocycles. The molecule has 0 N–H and O–H groups in total. The van der Waals surface area contributed by atoms with Crippen LogP contribution in [-0.2, 0) is 9.47 Å². The molecule has 0 spiro atoms. The van der Waals surface area contributed by atoms with Crippen molar-refractivity contribution in [1.29, 1.82) is 0 Å². The first-order valence-corrected chi connectivity index (χ1v) is 5.42. The Kier molecular flexibility index (Phi) is 6.21. The van der Waals surface area contributed by atoms with E-state index in [4.69, 9.17) is 9.47 Å². The molecule has 2 nitrogen and oxygen atoms in total. The van der Waals surface area contributed by atoms with E-state index in [-0.39, 0.29) is 0 Å². The number of ether oxygens (including phenoxy) is 2. The van der Waals surface area contributed by atoms with Crippen molar-refractivity contribution in [2.45, 2.75) is 44.6 Å². The van der Waals surface area contributed by atoms with Crippen LogP contribution >= 0.6 is 0 Å².